The van der Waals surface area contributed by atoms with Crippen molar-refractivity contribution >= 4 is 17.6 Å². The Hall–Kier alpha value is -2.99. The SMILES string of the molecule is COc1ccc(C(=O)CCOCCN2C(=O)c3ccccc3C2=O)cc1. The van der Waals surface area contributed by atoms with E-state index in [1.54, 1.807) is 55.6 Å². The van der Waals surface area contributed by atoms with Crippen molar-refractivity contribution in [1.29, 1.82) is 0 Å². The Labute approximate surface area is 151 Å². The van der Waals surface area contributed by atoms with Crippen molar-refractivity contribution in [3.05, 3.63) is 65.2 Å². The molecular weight excluding hydrogens is 334 g/mol. The fraction of sp³-hybridized carbons (Fsp3) is 0.250. The van der Waals surface area contributed by atoms with Crippen LogP contribution in [0, 0.1) is 0 Å². The molecule has 0 unspecified atom stereocenters. The summed E-state index contributed by atoms with van der Waals surface area (Å²) < 4.78 is 10.5. The Bertz CT molecular complexity index is 793. The second-order valence-corrected chi connectivity index (χ2v) is 5.82. The second-order valence-electron chi connectivity index (χ2n) is 5.82. The fourth-order valence-corrected chi connectivity index (χ4v) is 2.79. The molecule has 26 heavy (non-hydrogen) atoms. The zero-order valence-corrected chi connectivity index (χ0v) is 14.4. The second kappa shape index (κ2) is 7.93. The minimum atomic E-state index is -0.302. The van der Waals surface area contributed by atoms with E-state index in [2.05, 4.69) is 0 Å². The first-order valence-corrected chi connectivity index (χ1v) is 8.32. The summed E-state index contributed by atoms with van der Waals surface area (Å²) in [7, 11) is 1.57. The molecule has 0 atom stereocenters. The van der Waals surface area contributed by atoms with Crippen molar-refractivity contribution in [2.75, 3.05) is 26.9 Å². The molecule has 1 aliphatic heterocycles. The van der Waals surface area contributed by atoms with E-state index in [-0.39, 0.29) is 43.8 Å². The van der Waals surface area contributed by atoms with Crippen LogP contribution in [0.15, 0.2) is 48.5 Å². The molecule has 0 N–H and O–H groups in total. The number of rotatable bonds is 8. The molecule has 6 nitrogen and oxygen atoms in total. The van der Waals surface area contributed by atoms with Gasteiger partial charge in [0.2, 0.25) is 0 Å². The maximum Gasteiger partial charge on any atom is 0.261 e. The topological polar surface area (TPSA) is 72.9 Å². The maximum atomic E-state index is 12.2. The Morgan fingerprint density at radius 1 is 0.923 bits per heavy atom. The molecule has 0 saturated heterocycles. The first-order valence-electron chi connectivity index (χ1n) is 8.32. The first kappa shape index (κ1) is 17.8. The molecular formula is C20H19NO5. The van der Waals surface area contributed by atoms with E-state index in [4.69, 9.17) is 9.47 Å². The van der Waals surface area contributed by atoms with E-state index < -0.39 is 0 Å². The van der Waals surface area contributed by atoms with E-state index in [0.717, 1.165) is 0 Å². The Balaban J connectivity index is 1.43. The predicted molar refractivity (Wildman–Crippen MR) is 94.6 cm³/mol. The van der Waals surface area contributed by atoms with Crippen LogP contribution in [0.2, 0.25) is 0 Å². The molecule has 2 amide bonds. The van der Waals surface area contributed by atoms with Gasteiger partial charge in [-0.2, -0.15) is 0 Å². The average Bonchev–Trinajstić information content (AvgIpc) is 2.92. The van der Waals surface area contributed by atoms with Crippen LogP contribution in [0.3, 0.4) is 0 Å². The molecule has 0 fully saturated rings. The average molecular weight is 353 g/mol. The van der Waals surface area contributed by atoms with Gasteiger partial charge in [0, 0.05) is 12.0 Å². The van der Waals surface area contributed by atoms with Crippen molar-refractivity contribution in [3.63, 3.8) is 0 Å². The van der Waals surface area contributed by atoms with Gasteiger partial charge >= 0.3 is 0 Å². The lowest BCUT2D eigenvalue weighted by atomic mass is 10.1. The minimum Gasteiger partial charge on any atom is -0.497 e. The van der Waals surface area contributed by atoms with Gasteiger partial charge in [0.05, 0.1) is 38.0 Å². The zero-order valence-electron chi connectivity index (χ0n) is 14.4. The third-order valence-electron chi connectivity index (χ3n) is 4.22. The molecule has 1 heterocycles. The van der Waals surface area contributed by atoms with Crippen molar-refractivity contribution in [2.45, 2.75) is 6.42 Å². The molecule has 0 saturated carbocycles. The molecule has 2 aromatic rings. The number of methoxy groups -OCH3 is 1. The summed E-state index contributed by atoms with van der Waals surface area (Å²) in [5.74, 6) is 0.0548. The van der Waals surface area contributed by atoms with Crippen LogP contribution in [0.4, 0.5) is 0 Å². The number of ketones is 1. The molecule has 2 aromatic carbocycles. The van der Waals surface area contributed by atoms with Gasteiger partial charge in [0.25, 0.3) is 11.8 Å². The summed E-state index contributed by atoms with van der Waals surface area (Å²) in [6, 6.07) is 13.6. The van der Waals surface area contributed by atoms with Gasteiger partial charge in [-0.25, -0.2) is 0 Å². The van der Waals surface area contributed by atoms with E-state index in [0.29, 0.717) is 22.4 Å². The van der Waals surface area contributed by atoms with Crippen molar-refractivity contribution < 1.29 is 23.9 Å². The Morgan fingerprint density at radius 3 is 2.12 bits per heavy atom. The van der Waals surface area contributed by atoms with Crippen LogP contribution < -0.4 is 4.74 Å². The van der Waals surface area contributed by atoms with Gasteiger partial charge < -0.3 is 9.47 Å². The van der Waals surface area contributed by atoms with Crippen molar-refractivity contribution in [1.82, 2.24) is 4.90 Å². The molecule has 0 aliphatic carbocycles. The molecule has 0 radical (unpaired) electrons. The van der Waals surface area contributed by atoms with Crippen LogP contribution in [-0.4, -0.2) is 49.4 Å². The molecule has 1 aliphatic rings. The number of nitrogens with zero attached hydrogens (tertiary/aromatic N) is 1. The van der Waals surface area contributed by atoms with Gasteiger partial charge in [-0.15, -0.1) is 0 Å². The largest absolute Gasteiger partial charge is 0.497 e. The standard InChI is InChI=1S/C20H19NO5/c1-25-15-8-6-14(7-9-15)18(22)10-12-26-13-11-21-19(23)16-4-2-3-5-17(16)20(21)24/h2-9H,10-13H2,1H3. The highest BCUT2D eigenvalue weighted by atomic mass is 16.5. The number of benzene rings is 2. The number of amides is 2. The molecule has 134 valence electrons. The molecule has 3 rings (SSSR count). The number of hydrogen-bond donors (Lipinski definition) is 0. The third kappa shape index (κ3) is 3.65. The number of carbonyl (C=O) groups excluding carboxylic acids is 3. The lowest BCUT2D eigenvalue weighted by Crippen LogP contribution is -2.33. The number of fused-ring (bicyclic) bond motifs is 1. The monoisotopic (exact) mass is 353 g/mol. The summed E-state index contributed by atoms with van der Waals surface area (Å²) in [6.07, 6.45) is 0.231. The summed E-state index contributed by atoms with van der Waals surface area (Å²) >= 11 is 0. The van der Waals surface area contributed by atoms with Gasteiger partial charge in [-0.1, -0.05) is 12.1 Å². The molecule has 0 spiro atoms. The highest BCUT2D eigenvalue weighted by Crippen LogP contribution is 2.21. The van der Waals surface area contributed by atoms with Crippen LogP contribution in [0.1, 0.15) is 37.5 Å². The highest BCUT2D eigenvalue weighted by molar-refractivity contribution is 6.21. The van der Waals surface area contributed by atoms with Crippen molar-refractivity contribution in [2.24, 2.45) is 0 Å². The number of Topliss-reactive ketones (excluding diaryl/α,β-unsaturated/α-hetero) is 1. The minimum absolute atomic E-state index is 0.0339. The van der Waals surface area contributed by atoms with Gasteiger partial charge in [-0.05, 0) is 36.4 Å². The van der Waals surface area contributed by atoms with Crippen LogP contribution in [0.25, 0.3) is 0 Å². The highest BCUT2D eigenvalue weighted by Gasteiger charge is 2.34. The lowest BCUT2D eigenvalue weighted by Gasteiger charge is -2.13. The molecule has 0 aromatic heterocycles. The predicted octanol–water partition coefficient (Wildman–Crippen LogP) is 2.58. The van der Waals surface area contributed by atoms with E-state index in [1.165, 1.54) is 4.90 Å². The van der Waals surface area contributed by atoms with E-state index in [9.17, 15) is 14.4 Å². The number of carbonyl (C=O) groups is 3. The van der Waals surface area contributed by atoms with Crippen LogP contribution >= 0.6 is 0 Å². The van der Waals surface area contributed by atoms with E-state index >= 15 is 0 Å². The maximum absolute atomic E-state index is 12.2. The Morgan fingerprint density at radius 2 is 1.54 bits per heavy atom. The normalized spacial score (nSPS) is 13.0. The van der Waals surface area contributed by atoms with Crippen molar-refractivity contribution in [3.8, 4) is 5.75 Å². The van der Waals surface area contributed by atoms with E-state index in [1.807, 2.05) is 0 Å². The zero-order chi connectivity index (χ0) is 18.5. The third-order valence-corrected chi connectivity index (χ3v) is 4.22. The first-order chi connectivity index (χ1) is 12.6. The summed E-state index contributed by atoms with van der Waals surface area (Å²) in [5, 5.41) is 0. The number of hydrogen-bond acceptors (Lipinski definition) is 5. The van der Waals surface area contributed by atoms with Gasteiger partial charge in [0.15, 0.2) is 5.78 Å². The van der Waals surface area contributed by atoms with Crippen LogP contribution in [0.5, 0.6) is 5.75 Å². The molecule has 0 bridgehead atoms. The summed E-state index contributed by atoms with van der Waals surface area (Å²) in [5.41, 5.74) is 1.44. The van der Waals surface area contributed by atoms with Gasteiger partial charge in [0.1, 0.15) is 5.75 Å². The Kier molecular flexibility index (Phi) is 5.43. The summed E-state index contributed by atoms with van der Waals surface area (Å²) in [6.45, 7) is 0.596. The fourth-order valence-electron chi connectivity index (χ4n) is 2.79. The lowest BCUT2D eigenvalue weighted by molar-refractivity contribution is 0.0551. The quantitative estimate of drug-likeness (QED) is 0.414. The van der Waals surface area contributed by atoms with Crippen LogP contribution in [-0.2, 0) is 4.74 Å². The van der Waals surface area contributed by atoms with Gasteiger partial charge in [-0.3, -0.25) is 19.3 Å². The smallest absolute Gasteiger partial charge is 0.261 e. The molecule has 6 heteroatoms. The number of imide groups is 1. The number of ether oxygens (including phenoxy) is 2. The summed E-state index contributed by atoms with van der Waals surface area (Å²) in [4.78, 5) is 37.7.